The Bertz CT molecular complexity index is 823. The number of carboxylic acids is 1. The van der Waals surface area contributed by atoms with E-state index in [1.165, 1.54) is 18.0 Å². The molecular formula is C15H12N2O3S. The SMILES string of the molecule is Cc1nc(Sc2c(C(=O)O)cnc3ccccc23)oc1C. The molecule has 0 aliphatic heterocycles. The molecule has 1 aromatic carbocycles. The van der Waals surface area contributed by atoms with Crippen molar-refractivity contribution in [2.24, 2.45) is 0 Å². The van der Waals surface area contributed by atoms with Gasteiger partial charge in [-0.15, -0.1) is 0 Å². The molecule has 0 saturated carbocycles. The highest BCUT2D eigenvalue weighted by molar-refractivity contribution is 7.99. The maximum atomic E-state index is 11.4. The molecule has 0 aliphatic rings. The molecule has 1 N–H and O–H groups in total. The monoisotopic (exact) mass is 300 g/mol. The second-order valence-electron chi connectivity index (χ2n) is 4.55. The van der Waals surface area contributed by atoms with E-state index in [9.17, 15) is 9.90 Å². The molecule has 0 amide bonds. The zero-order valence-corrected chi connectivity index (χ0v) is 12.3. The largest absolute Gasteiger partial charge is 0.478 e. The van der Waals surface area contributed by atoms with E-state index < -0.39 is 5.97 Å². The van der Waals surface area contributed by atoms with Gasteiger partial charge < -0.3 is 9.52 Å². The van der Waals surface area contributed by atoms with Crippen molar-refractivity contribution in [3.05, 3.63) is 47.5 Å². The number of carbonyl (C=O) groups is 1. The van der Waals surface area contributed by atoms with Gasteiger partial charge >= 0.3 is 5.97 Å². The Morgan fingerprint density at radius 1 is 1.29 bits per heavy atom. The van der Waals surface area contributed by atoms with Crippen LogP contribution in [0.3, 0.4) is 0 Å². The zero-order chi connectivity index (χ0) is 15.0. The minimum Gasteiger partial charge on any atom is -0.478 e. The molecular weight excluding hydrogens is 288 g/mol. The van der Waals surface area contributed by atoms with E-state index in [1.807, 2.05) is 38.1 Å². The number of hydrogen-bond donors (Lipinski definition) is 1. The standard InChI is InChI=1S/C15H12N2O3S/c1-8-9(2)20-15(17-8)21-13-10-5-3-4-6-12(10)16-7-11(13)14(18)19/h3-7H,1-2H3,(H,18,19). The van der Waals surface area contributed by atoms with Crippen molar-refractivity contribution in [2.75, 3.05) is 0 Å². The molecule has 3 aromatic rings. The number of aryl methyl sites for hydroxylation is 2. The van der Waals surface area contributed by atoms with Gasteiger partial charge in [0.15, 0.2) is 0 Å². The highest BCUT2D eigenvalue weighted by Gasteiger charge is 2.18. The van der Waals surface area contributed by atoms with Gasteiger partial charge in [0.2, 0.25) is 0 Å². The molecule has 0 fully saturated rings. The maximum absolute atomic E-state index is 11.4. The van der Waals surface area contributed by atoms with Gasteiger partial charge in [-0.2, -0.15) is 0 Å². The fourth-order valence-electron chi connectivity index (χ4n) is 1.95. The molecule has 2 heterocycles. The summed E-state index contributed by atoms with van der Waals surface area (Å²) in [6.07, 6.45) is 1.37. The number of oxazole rings is 1. The van der Waals surface area contributed by atoms with Gasteiger partial charge in [0.05, 0.1) is 16.8 Å². The van der Waals surface area contributed by atoms with E-state index in [0.29, 0.717) is 10.1 Å². The summed E-state index contributed by atoms with van der Waals surface area (Å²) in [7, 11) is 0. The van der Waals surface area contributed by atoms with E-state index in [4.69, 9.17) is 4.42 Å². The summed E-state index contributed by atoms with van der Waals surface area (Å²) in [6.45, 7) is 3.68. The first-order valence-corrected chi connectivity index (χ1v) is 7.11. The Morgan fingerprint density at radius 2 is 2.05 bits per heavy atom. The van der Waals surface area contributed by atoms with Crippen LogP contribution in [-0.4, -0.2) is 21.0 Å². The Balaban J connectivity index is 2.18. The number of rotatable bonds is 3. The summed E-state index contributed by atoms with van der Waals surface area (Å²) in [5.41, 5.74) is 1.69. The number of aromatic nitrogens is 2. The van der Waals surface area contributed by atoms with Crippen LogP contribution >= 0.6 is 11.8 Å². The number of aromatic carboxylic acids is 1. The summed E-state index contributed by atoms with van der Waals surface area (Å²) >= 11 is 1.21. The number of nitrogens with zero attached hydrogens (tertiary/aromatic N) is 2. The van der Waals surface area contributed by atoms with E-state index >= 15 is 0 Å². The molecule has 0 radical (unpaired) electrons. The second kappa shape index (κ2) is 5.21. The van der Waals surface area contributed by atoms with Gasteiger partial charge in [0.25, 0.3) is 5.22 Å². The van der Waals surface area contributed by atoms with Crippen LogP contribution in [0.25, 0.3) is 10.9 Å². The topological polar surface area (TPSA) is 76.2 Å². The maximum Gasteiger partial charge on any atom is 0.338 e. The third-order valence-electron chi connectivity index (χ3n) is 3.15. The van der Waals surface area contributed by atoms with Crippen molar-refractivity contribution >= 4 is 28.6 Å². The van der Waals surface area contributed by atoms with Gasteiger partial charge in [-0.1, -0.05) is 18.2 Å². The van der Waals surface area contributed by atoms with Gasteiger partial charge in [-0.05, 0) is 31.7 Å². The number of benzene rings is 1. The van der Waals surface area contributed by atoms with E-state index in [1.54, 1.807) is 0 Å². The average molecular weight is 300 g/mol. The quantitative estimate of drug-likeness (QED) is 0.795. The van der Waals surface area contributed by atoms with Gasteiger partial charge in [-0.3, -0.25) is 4.98 Å². The minimum atomic E-state index is -1.02. The Kier molecular flexibility index (Phi) is 3.39. The second-order valence-corrected chi connectivity index (χ2v) is 5.51. The minimum absolute atomic E-state index is 0.146. The lowest BCUT2D eigenvalue weighted by Gasteiger charge is -2.07. The highest BCUT2D eigenvalue weighted by Crippen LogP contribution is 2.35. The summed E-state index contributed by atoms with van der Waals surface area (Å²) in [5, 5.41) is 10.6. The predicted octanol–water partition coefficient (Wildman–Crippen LogP) is 3.69. The number of pyridine rings is 1. The molecule has 0 spiro atoms. The van der Waals surface area contributed by atoms with Crippen molar-refractivity contribution < 1.29 is 14.3 Å². The molecule has 0 unspecified atom stereocenters. The van der Waals surface area contributed by atoms with Crippen LogP contribution in [0, 0.1) is 13.8 Å². The number of fused-ring (bicyclic) bond motifs is 1. The van der Waals surface area contributed by atoms with Crippen LogP contribution < -0.4 is 0 Å². The van der Waals surface area contributed by atoms with E-state index in [-0.39, 0.29) is 5.56 Å². The highest BCUT2D eigenvalue weighted by atomic mass is 32.2. The van der Waals surface area contributed by atoms with E-state index in [2.05, 4.69) is 9.97 Å². The average Bonchev–Trinajstić information content (AvgIpc) is 2.77. The van der Waals surface area contributed by atoms with Crippen LogP contribution in [0.1, 0.15) is 21.8 Å². The van der Waals surface area contributed by atoms with Gasteiger partial charge in [0, 0.05) is 16.5 Å². The molecule has 21 heavy (non-hydrogen) atoms. The summed E-state index contributed by atoms with van der Waals surface area (Å²) in [5.74, 6) is -0.288. The van der Waals surface area contributed by atoms with Crippen molar-refractivity contribution in [2.45, 2.75) is 24.0 Å². The Hall–Kier alpha value is -2.34. The van der Waals surface area contributed by atoms with E-state index in [0.717, 1.165) is 22.4 Å². The summed E-state index contributed by atoms with van der Waals surface area (Å²) in [4.78, 5) is 20.5. The van der Waals surface area contributed by atoms with Crippen LogP contribution in [0.2, 0.25) is 0 Å². The summed E-state index contributed by atoms with van der Waals surface area (Å²) < 4.78 is 5.54. The van der Waals surface area contributed by atoms with Gasteiger partial charge in [0.1, 0.15) is 5.76 Å². The van der Waals surface area contributed by atoms with Crippen molar-refractivity contribution in [3.8, 4) is 0 Å². The molecule has 6 heteroatoms. The number of hydrogen-bond acceptors (Lipinski definition) is 5. The lowest BCUT2D eigenvalue weighted by atomic mass is 10.1. The molecule has 0 aliphatic carbocycles. The number of para-hydroxylation sites is 1. The number of carboxylic acid groups (broad SMARTS) is 1. The van der Waals surface area contributed by atoms with Crippen molar-refractivity contribution in [3.63, 3.8) is 0 Å². The zero-order valence-electron chi connectivity index (χ0n) is 11.5. The van der Waals surface area contributed by atoms with Gasteiger partial charge in [-0.25, -0.2) is 9.78 Å². The Labute approximate surface area is 125 Å². The first kappa shape index (κ1) is 13.6. The molecule has 0 bridgehead atoms. The third-order valence-corrected chi connectivity index (χ3v) is 4.15. The lowest BCUT2D eigenvalue weighted by molar-refractivity contribution is 0.0693. The van der Waals surface area contributed by atoms with Crippen molar-refractivity contribution in [1.29, 1.82) is 0 Å². The molecule has 0 atom stereocenters. The molecule has 2 aromatic heterocycles. The summed E-state index contributed by atoms with van der Waals surface area (Å²) in [6, 6.07) is 7.41. The first-order chi connectivity index (χ1) is 10.1. The fourth-order valence-corrected chi connectivity index (χ4v) is 3.01. The van der Waals surface area contributed by atoms with Crippen LogP contribution in [0.5, 0.6) is 0 Å². The predicted molar refractivity (Wildman–Crippen MR) is 78.8 cm³/mol. The lowest BCUT2D eigenvalue weighted by Crippen LogP contribution is -2.01. The molecule has 3 rings (SSSR count). The van der Waals surface area contributed by atoms with Crippen LogP contribution in [-0.2, 0) is 0 Å². The van der Waals surface area contributed by atoms with Crippen molar-refractivity contribution in [1.82, 2.24) is 9.97 Å². The molecule has 0 saturated heterocycles. The smallest absolute Gasteiger partial charge is 0.338 e. The Morgan fingerprint density at radius 3 is 2.71 bits per heavy atom. The normalized spacial score (nSPS) is 11.0. The fraction of sp³-hybridized carbons (Fsp3) is 0.133. The third kappa shape index (κ3) is 2.50. The van der Waals surface area contributed by atoms with Crippen LogP contribution in [0.15, 0.2) is 45.0 Å². The molecule has 106 valence electrons. The first-order valence-electron chi connectivity index (χ1n) is 6.29. The van der Waals surface area contributed by atoms with Crippen LogP contribution in [0.4, 0.5) is 0 Å². The molecule has 5 nitrogen and oxygen atoms in total.